The highest BCUT2D eigenvalue weighted by Gasteiger charge is 2.57. The van der Waals surface area contributed by atoms with Crippen LogP contribution in [0.25, 0.3) is 5.70 Å². The lowest BCUT2D eigenvalue weighted by Crippen LogP contribution is -2.62. The molecule has 55 heavy (non-hydrogen) atoms. The third-order valence-electron chi connectivity index (χ3n) is 8.60. The number of nitrogens with zero attached hydrogens (tertiary/aromatic N) is 2. The number of amides is 4. The number of aliphatic hydroxyl groups is 1. The number of allylic oxidation sites excluding steroid dienone is 1. The fourth-order valence-corrected chi connectivity index (χ4v) is 4.66. The normalized spacial score (nSPS) is 16.1. The molecule has 7 N–H and O–H groups in total. The summed E-state index contributed by atoms with van der Waals surface area (Å²) in [5.74, 6) is -7.40. The zero-order chi connectivity index (χ0) is 42.3. The first-order valence-corrected chi connectivity index (χ1v) is 16.2. The van der Waals surface area contributed by atoms with E-state index in [0.717, 1.165) is 13.2 Å². The monoisotopic (exact) mass is 809 g/mol. The maximum absolute atomic E-state index is 15.3. The van der Waals surface area contributed by atoms with Gasteiger partial charge in [0.15, 0.2) is 0 Å². The molecule has 1 unspecified atom stereocenters. The molecule has 2 rings (SSSR count). The molecule has 1 aromatic rings. The van der Waals surface area contributed by atoms with Gasteiger partial charge in [0.05, 0.1) is 24.0 Å². The third kappa shape index (κ3) is 12.7. The van der Waals surface area contributed by atoms with Gasteiger partial charge in [-0.2, -0.15) is 35.1 Å². The molecule has 3 atom stereocenters. The van der Waals surface area contributed by atoms with Crippen molar-refractivity contribution in [3.05, 3.63) is 41.0 Å². The lowest BCUT2D eigenvalue weighted by Gasteiger charge is -2.37. The zero-order valence-electron chi connectivity index (χ0n) is 30.0. The van der Waals surface area contributed by atoms with Gasteiger partial charge in [-0.25, -0.2) is 23.6 Å². The number of carbonyl (C=O) groups excluding carboxylic acids is 4. The number of hydrazine groups is 1. The van der Waals surface area contributed by atoms with Crippen molar-refractivity contribution in [3.63, 3.8) is 0 Å². The van der Waals surface area contributed by atoms with Crippen molar-refractivity contribution in [1.82, 2.24) is 26.4 Å². The number of hydrogen-bond acceptors (Lipinski definition) is 9. The second-order valence-electron chi connectivity index (χ2n) is 13.6. The Balaban J connectivity index is 2.48. The van der Waals surface area contributed by atoms with E-state index in [1.165, 1.54) is 0 Å². The number of nitrogens with one attached hydrogen (secondary N) is 4. The Kier molecular flexibility index (Phi) is 15.5. The number of alkyl carbamates (subject to hydrolysis) is 1. The molecule has 1 fully saturated rings. The number of nitrogens with two attached hydrogens (primary N) is 1. The summed E-state index contributed by atoms with van der Waals surface area (Å²) in [5, 5.41) is 17.0. The number of benzene rings is 1. The number of aliphatic hydroxyl groups excluding tert-OH is 1. The van der Waals surface area contributed by atoms with E-state index in [2.05, 4.69) is 9.73 Å². The van der Waals surface area contributed by atoms with E-state index in [9.17, 15) is 59.4 Å². The van der Waals surface area contributed by atoms with E-state index < -0.39 is 120 Å². The van der Waals surface area contributed by atoms with Gasteiger partial charge in [0, 0.05) is 48.6 Å². The number of hydrogen-bond donors (Lipinski definition) is 6. The van der Waals surface area contributed by atoms with Gasteiger partial charge in [-0.3, -0.25) is 19.8 Å². The first-order chi connectivity index (χ1) is 25.1. The summed E-state index contributed by atoms with van der Waals surface area (Å²) in [6.45, 7) is -3.77. The maximum atomic E-state index is 15.3. The Hall–Kier alpha value is -4.67. The molecule has 1 aromatic carbocycles. The molecule has 13 nitrogen and oxygen atoms in total. The molecule has 1 aliphatic carbocycles. The van der Waals surface area contributed by atoms with Crippen molar-refractivity contribution in [2.75, 3.05) is 20.2 Å². The van der Waals surface area contributed by atoms with Crippen LogP contribution in [0, 0.1) is 28.4 Å². The number of methoxy groups -OCH3 is 1. The molecule has 0 bridgehead atoms. The first kappa shape index (κ1) is 46.5. The number of alkyl halides is 8. The van der Waals surface area contributed by atoms with E-state index in [-0.39, 0.29) is 5.56 Å². The molecule has 1 saturated carbocycles. The van der Waals surface area contributed by atoms with Crippen LogP contribution in [-0.4, -0.2) is 97.4 Å². The summed E-state index contributed by atoms with van der Waals surface area (Å²) in [6, 6.07) is -3.42. The van der Waals surface area contributed by atoms with Crippen LogP contribution in [0.15, 0.2) is 23.2 Å². The average Bonchev–Trinajstić information content (AvgIpc) is 3.90. The van der Waals surface area contributed by atoms with Crippen molar-refractivity contribution in [1.29, 1.82) is 0 Å². The number of halogens is 10. The van der Waals surface area contributed by atoms with Crippen LogP contribution in [0.4, 0.5) is 48.7 Å². The van der Waals surface area contributed by atoms with Gasteiger partial charge in [0.1, 0.15) is 23.7 Å². The van der Waals surface area contributed by atoms with E-state index in [0.29, 0.717) is 63.9 Å². The van der Waals surface area contributed by atoms with Crippen LogP contribution < -0.4 is 27.1 Å². The predicted octanol–water partition coefficient (Wildman–Crippen LogP) is 3.66. The molecule has 0 aliphatic heterocycles. The molecule has 0 spiro atoms. The molecule has 310 valence electrons. The standard InChI is InChI=1S/C32H41F10N7O6/c1-29(2,31(37,38)39)22(47-28(54)55-5)25(52)45-12-17(50)13-49(14-18-19(33)10-16(11-20(18)34)21(43)8-9-44-27(35)36)48-26(53)23(30(3,4)32(40,41)42)46-24(51)15-6-7-15/h8-11,15,17,22-23,27,50H,6-7,12-14,43H2,1-5H3,(H,45,52)(H,46,51)(H,47,54)(H,48,53)/t17-,22?,23-/m1/s1. The summed E-state index contributed by atoms with van der Waals surface area (Å²) in [6.07, 6.45) is -11.5. The highest BCUT2D eigenvalue weighted by molar-refractivity contribution is 5.90. The minimum absolute atomic E-state index is 0.333. The predicted molar refractivity (Wildman–Crippen MR) is 174 cm³/mol. The Morgan fingerprint density at radius 3 is 1.91 bits per heavy atom. The third-order valence-corrected chi connectivity index (χ3v) is 8.60. The summed E-state index contributed by atoms with van der Waals surface area (Å²) in [4.78, 5) is 53.4. The average molecular weight is 810 g/mol. The highest BCUT2D eigenvalue weighted by atomic mass is 19.4. The Morgan fingerprint density at radius 1 is 0.945 bits per heavy atom. The van der Waals surface area contributed by atoms with Gasteiger partial charge in [-0.05, 0) is 58.7 Å². The van der Waals surface area contributed by atoms with Crippen molar-refractivity contribution in [3.8, 4) is 0 Å². The molecular weight excluding hydrogens is 768 g/mol. The molecule has 0 radical (unpaired) electrons. The minimum atomic E-state index is -5.11. The number of carbonyl (C=O) groups is 4. The van der Waals surface area contributed by atoms with E-state index in [1.807, 2.05) is 16.1 Å². The Labute approximate surface area is 308 Å². The second kappa shape index (κ2) is 18.3. The smallest absolute Gasteiger partial charge is 0.407 e. The van der Waals surface area contributed by atoms with Gasteiger partial charge < -0.3 is 31.5 Å². The number of ether oxygens (including phenoxy) is 1. The van der Waals surface area contributed by atoms with Crippen LogP contribution >= 0.6 is 0 Å². The number of rotatable bonds is 17. The molecule has 0 heterocycles. The topological polar surface area (TPSA) is 187 Å². The summed E-state index contributed by atoms with van der Waals surface area (Å²) >= 11 is 0. The Morgan fingerprint density at radius 2 is 1.45 bits per heavy atom. The summed E-state index contributed by atoms with van der Waals surface area (Å²) in [5.41, 5.74) is 0.0970. The number of aliphatic imine (C=N–C) groups is 1. The zero-order valence-corrected chi connectivity index (χ0v) is 30.0. The van der Waals surface area contributed by atoms with Crippen LogP contribution in [0.3, 0.4) is 0 Å². The molecule has 4 amide bonds. The van der Waals surface area contributed by atoms with Gasteiger partial charge >= 0.3 is 25.0 Å². The van der Waals surface area contributed by atoms with E-state index >= 15 is 8.78 Å². The fourth-order valence-electron chi connectivity index (χ4n) is 4.66. The molecule has 1 aliphatic rings. The van der Waals surface area contributed by atoms with Gasteiger partial charge in [0.25, 0.3) is 5.91 Å². The lowest BCUT2D eigenvalue weighted by atomic mass is 9.82. The van der Waals surface area contributed by atoms with Crippen LogP contribution in [0.1, 0.15) is 51.7 Å². The van der Waals surface area contributed by atoms with Crippen LogP contribution in [0.5, 0.6) is 0 Å². The quantitative estimate of drug-likeness (QED) is 0.0596. The summed E-state index contributed by atoms with van der Waals surface area (Å²) < 4.78 is 143. The molecule has 23 heteroatoms. The molecular formula is C32H41F10N7O6. The van der Waals surface area contributed by atoms with E-state index in [4.69, 9.17) is 5.73 Å². The molecule has 0 aromatic heterocycles. The van der Waals surface area contributed by atoms with Gasteiger partial charge in [-0.1, -0.05) is 0 Å². The summed E-state index contributed by atoms with van der Waals surface area (Å²) in [7, 11) is 0.811. The molecule has 0 saturated heterocycles. The van der Waals surface area contributed by atoms with E-state index in [1.54, 1.807) is 5.32 Å². The first-order valence-electron chi connectivity index (χ1n) is 16.2. The fraction of sp³-hybridized carbons (Fsp3) is 0.594. The largest absolute Gasteiger partial charge is 0.453 e. The van der Waals surface area contributed by atoms with Gasteiger partial charge in [-0.15, -0.1) is 0 Å². The van der Waals surface area contributed by atoms with Crippen molar-refractivity contribution in [2.24, 2.45) is 27.5 Å². The maximum Gasteiger partial charge on any atom is 0.407 e. The van der Waals surface area contributed by atoms with Crippen molar-refractivity contribution >= 4 is 35.7 Å². The highest BCUT2D eigenvalue weighted by Crippen LogP contribution is 2.42. The van der Waals surface area contributed by atoms with Gasteiger partial charge in [0.2, 0.25) is 11.8 Å². The van der Waals surface area contributed by atoms with Crippen molar-refractivity contribution < 1.29 is 72.9 Å². The Bertz CT molecular complexity index is 1590. The lowest BCUT2D eigenvalue weighted by molar-refractivity contribution is -0.222. The van der Waals surface area contributed by atoms with Crippen molar-refractivity contribution in [2.45, 2.75) is 84.2 Å². The minimum Gasteiger partial charge on any atom is -0.453 e. The SMILES string of the molecule is COC(=O)NC(C(=O)NC[C@@H](O)CN(Cc1c(F)cc(C(N)=CC=NC(F)F)cc1F)NC(=O)[C@@H](NC(=O)C1CC1)C(C)(C)C(F)(F)F)C(C)(C)C(F)(F)F. The second-order valence-corrected chi connectivity index (χ2v) is 13.6. The van der Waals surface area contributed by atoms with Crippen LogP contribution in [-0.2, 0) is 25.7 Å². The van der Waals surface area contributed by atoms with Crippen LogP contribution in [0.2, 0.25) is 0 Å².